The summed E-state index contributed by atoms with van der Waals surface area (Å²) < 4.78 is 57.1. The Hall–Kier alpha value is -0.880. The molecule has 0 amide bonds. The zero-order valence-electron chi connectivity index (χ0n) is 20.7. The normalized spacial score (nSPS) is 13.2. The third kappa shape index (κ3) is 8.81. The monoisotopic (exact) mass is 494 g/mol. The lowest BCUT2D eigenvalue weighted by atomic mass is 10.1. The molecule has 0 aliphatic carbocycles. The number of aromatic hydroxyl groups is 1. The minimum atomic E-state index is -4.00. The molecule has 0 spiro atoms. The Balaban J connectivity index is 3.65. The molecule has 0 saturated heterocycles. The Bertz CT molecular complexity index is 741. The molecule has 0 atom stereocenters. The Kier molecular flexibility index (Phi) is 11.4. The highest BCUT2D eigenvalue weighted by molar-refractivity contribution is 7.72. The molecule has 1 rings (SSSR count). The highest BCUT2D eigenvalue weighted by Gasteiger charge is 2.52. The number of benzene rings is 1. The number of hydrogen-bond donors (Lipinski definition) is 1. The second-order valence-corrected chi connectivity index (χ2v) is 13.3. The van der Waals surface area contributed by atoms with Crippen LogP contribution in [-0.2, 0) is 33.6 Å². The average Bonchev–Trinajstić information content (AvgIpc) is 2.59. The molecule has 1 aromatic rings. The molecule has 10 heteroatoms. The fourth-order valence-electron chi connectivity index (χ4n) is 3.07. The van der Waals surface area contributed by atoms with E-state index in [-0.39, 0.29) is 17.9 Å². The lowest BCUT2D eigenvalue weighted by Gasteiger charge is -2.35. The van der Waals surface area contributed by atoms with Crippen LogP contribution in [0.25, 0.3) is 0 Å². The fraction of sp³-hybridized carbons (Fsp3) is 0.727. The molecular formula is C22H40O8P2. The van der Waals surface area contributed by atoms with Crippen LogP contribution in [0.4, 0.5) is 0 Å². The van der Waals surface area contributed by atoms with Gasteiger partial charge in [0.05, 0.1) is 31.0 Å². The van der Waals surface area contributed by atoms with Gasteiger partial charge in [0.15, 0.2) is 16.9 Å². The van der Waals surface area contributed by atoms with Gasteiger partial charge in [-0.1, -0.05) is 6.07 Å². The first-order valence-electron chi connectivity index (χ1n) is 11.1. The van der Waals surface area contributed by atoms with Crippen molar-refractivity contribution in [2.45, 2.75) is 98.6 Å². The number of ether oxygens (including phenoxy) is 1. The van der Waals surface area contributed by atoms with Crippen LogP contribution in [0.2, 0.25) is 0 Å². The van der Waals surface area contributed by atoms with Crippen molar-refractivity contribution >= 4 is 15.2 Å². The van der Waals surface area contributed by atoms with E-state index in [2.05, 4.69) is 0 Å². The van der Waals surface area contributed by atoms with Crippen LogP contribution in [0.1, 0.15) is 67.9 Å². The number of hydrogen-bond acceptors (Lipinski definition) is 8. The maximum atomic E-state index is 14.2. The van der Waals surface area contributed by atoms with Crippen LogP contribution in [0.15, 0.2) is 18.2 Å². The first-order valence-corrected chi connectivity index (χ1v) is 14.3. The first-order chi connectivity index (χ1) is 14.7. The standard InChI is InChI=1S/C22H40O8P2/c1-10-26-21-13-19(11-12-20(21)23)14-22(31(24,27-15(2)3)28-16(4)5)32(25,29-17(6)7)30-18(8)9/h11-13,15-18,22-23H,10,14H2,1-9H3. The van der Waals surface area contributed by atoms with Crippen LogP contribution in [0.5, 0.6) is 11.5 Å². The fourth-order valence-corrected chi connectivity index (χ4v) is 8.99. The highest BCUT2D eigenvalue weighted by atomic mass is 31.2. The summed E-state index contributed by atoms with van der Waals surface area (Å²) >= 11 is 0. The molecule has 0 aromatic heterocycles. The lowest BCUT2D eigenvalue weighted by molar-refractivity contribution is 0.122. The molecule has 0 unspecified atom stereocenters. The van der Waals surface area contributed by atoms with Gasteiger partial charge in [-0.15, -0.1) is 0 Å². The van der Waals surface area contributed by atoms with Crippen molar-refractivity contribution in [3.8, 4) is 11.5 Å². The van der Waals surface area contributed by atoms with Crippen LogP contribution < -0.4 is 4.74 Å². The average molecular weight is 495 g/mol. The Morgan fingerprint density at radius 1 is 0.781 bits per heavy atom. The number of phenolic OH excluding ortho intramolecular Hbond substituents is 1. The summed E-state index contributed by atoms with van der Waals surface area (Å²) in [4.78, 5) is 0. The van der Waals surface area contributed by atoms with Crippen molar-refractivity contribution in [2.75, 3.05) is 6.61 Å². The van der Waals surface area contributed by atoms with E-state index in [4.69, 9.17) is 22.8 Å². The van der Waals surface area contributed by atoms with Crippen molar-refractivity contribution in [2.24, 2.45) is 0 Å². The second-order valence-electron chi connectivity index (χ2n) is 8.62. The maximum absolute atomic E-state index is 14.2. The summed E-state index contributed by atoms with van der Waals surface area (Å²) in [6, 6.07) is 4.75. The van der Waals surface area contributed by atoms with Crippen LogP contribution >= 0.6 is 15.2 Å². The van der Waals surface area contributed by atoms with Gasteiger partial charge in [-0.2, -0.15) is 0 Å². The molecule has 32 heavy (non-hydrogen) atoms. The van der Waals surface area contributed by atoms with E-state index >= 15 is 0 Å². The summed E-state index contributed by atoms with van der Waals surface area (Å²) in [5.41, 5.74) is 0.621. The van der Waals surface area contributed by atoms with E-state index in [1.54, 1.807) is 74.4 Å². The van der Waals surface area contributed by atoms with E-state index in [1.807, 2.05) is 0 Å². The van der Waals surface area contributed by atoms with E-state index in [1.165, 1.54) is 6.07 Å². The molecule has 1 aromatic carbocycles. The number of rotatable bonds is 14. The highest BCUT2D eigenvalue weighted by Crippen LogP contribution is 2.72. The van der Waals surface area contributed by atoms with Crippen LogP contribution in [-0.4, -0.2) is 41.5 Å². The quantitative estimate of drug-likeness (QED) is 0.284. The zero-order chi connectivity index (χ0) is 24.7. The van der Waals surface area contributed by atoms with Crippen molar-refractivity contribution in [3.05, 3.63) is 23.8 Å². The van der Waals surface area contributed by atoms with Crippen molar-refractivity contribution in [3.63, 3.8) is 0 Å². The largest absolute Gasteiger partial charge is 0.504 e. The topological polar surface area (TPSA) is 101 Å². The summed E-state index contributed by atoms with van der Waals surface area (Å²) in [6.45, 7) is 16.0. The summed E-state index contributed by atoms with van der Waals surface area (Å²) in [6.07, 6.45) is -1.80. The van der Waals surface area contributed by atoms with E-state index < -0.39 is 45.0 Å². The molecule has 8 nitrogen and oxygen atoms in total. The molecular weight excluding hydrogens is 454 g/mol. The van der Waals surface area contributed by atoms with Gasteiger partial charge >= 0.3 is 15.2 Å². The predicted octanol–water partition coefficient (Wildman–Crippen LogP) is 6.75. The summed E-state index contributed by atoms with van der Waals surface area (Å²) in [7, 11) is -8.00. The molecule has 0 aliphatic rings. The van der Waals surface area contributed by atoms with Crippen molar-refractivity contribution in [1.82, 2.24) is 0 Å². The molecule has 0 bridgehead atoms. The number of phenols is 1. The second kappa shape index (κ2) is 12.5. The van der Waals surface area contributed by atoms with Gasteiger partial charge in [-0.05, 0) is 86.4 Å². The van der Waals surface area contributed by atoms with Crippen LogP contribution in [0.3, 0.4) is 0 Å². The molecule has 0 fully saturated rings. The summed E-state index contributed by atoms with van der Waals surface area (Å²) in [5.74, 6) is 0.254. The molecule has 0 heterocycles. The molecule has 0 aliphatic heterocycles. The molecule has 186 valence electrons. The Labute approximate surface area is 193 Å². The van der Waals surface area contributed by atoms with Crippen molar-refractivity contribution < 1.29 is 37.1 Å². The Morgan fingerprint density at radius 3 is 1.53 bits per heavy atom. The van der Waals surface area contributed by atoms with E-state index in [0.29, 0.717) is 12.2 Å². The molecule has 0 radical (unpaired) electrons. The predicted molar refractivity (Wildman–Crippen MR) is 127 cm³/mol. The first kappa shape index (κ1) is 29.2. The van der Waals surface area contributed by atoms with Gasteiger partial charge in [0.25, 0.3) is 0 Å². The van der Waals surface area contributed by atoms with E-state index in [0.717, 1.165) is 0 Å². The zero-order valence-corrected chi connectivity index (χ0v) is 22.5. The van der Waals surface area contributed by atoms with Gasteiger partial charge in [-0.25, -0.2) is 0 Å². The Morgan fingerprint density at radius 2 is 1.19 bits per heavy atom. The van der Waals surface area contributed by atoms with E-state index in [9.17, 15) is 14.2 Å². The lowest BCUT2D eigenvalue weighted by Crippen LogP contribution is -2.25. The third-order valence-electron chi connectivity index (χ3n) is 3.90. The smallest absolute Gasteiger partial charge is 0.346 e. The SMILES string of the molecule is CCOc1cc(CC(P(=O)(OC(C)C)OC(C)C)P(=O)(OC(C)C)OC(C)C)ccc1O. The third-order valence-corrected chi connectivity index (χ3v) is 10.3. The van der Waals surface area contributed by atoms with Gasteiger partial charge in [0.1, 0.15) is 0 Å². The summed E-state index contributed by atoms with van der Waals surface area (Å²) in [5, 5.41) is 8.84. The van der Waals surface area contributed by atoms with Gasteiger partial charge in [0.2, 0.25) is 0 Å². The minimum absolute atomic E-state index is 0.00773. The van der Waals surface area contributed by atoms with Crippen molar-refractivity contribution in [1.29, 1.82) is 0 Å². The van der Waals surface area contributed by atoms with Crippen LogP contribution in [0, 0.1) is 0 Å². The molecule has 1 N–H and O–H groups in total. The molecule has 0 saturated carbocycles. The van der Waals surface area contributed by atoms with Gasteiger partial charge in [-0.3, -0.25) is 9.13 Å². The maximum Gasteiger partial charge on any atom is 0.346 e. The minimum Gasteiger partial charge on any atom is -0.504 e. The van der Waals surface area contributed by atoms with Gasteiger partial charge in [0, 0.05) is 0 Å². The van der Waals surface area contributed by atoms with Gasteiger partial charge < -0.3 is 27.9 Å².